The first-order chi connectivity index (χ1) is 12.7. The van der Waals surface area contributed by atoms with Gasteiger partial charge >= 0.3 is 0 Å². The van der Waals surface area contributed by atoms with Crippen molar-refractivity contribution in [3.05, 3.63) is 54.4 Å². The quantitative estimate of drug-likeness (QED) is 0.361. The SMILES string of the molecule is CCNC(=NCCNC(=O)c1cccc(OC)c1)NCCn1cccc1. The van der Waals surface area contributed by atoms with Crippen molar-refractivity contribution in [2.75, 3.05) is 33.3 Å². The van der Waals surface area contributed by atoms with Crippen LogP contribution in [0.15, 0.2) is 53.8 Å². The highest BCUT2D eigenvalue weighted by atomic mass is 16.5. The number of amides is 1. The zero-order chi connectivity index (χ0) is 18.6. The van der Waals surface area contributed by atoms with Gasteiger partial charge in [-0.05, 0) is 37.3 Å². The molecule has 140 valence electrons. The molecule has 2 aromatic rings. The van der Waals surface area contributed by atoms with E-state index in [0.29, 0.717) is 24.4 Å². The number of carbonyl (C=O) groups is 1. The van der Waals surface area contributed by atoms with Crippen LogP contribution in [0.25, 0.3) is 0 Å². The summed E-state index contributed by atoms with van der Waals surface area (Å²) in [7, 11) is 1.58. The van der Waals surface area contributed by atoms with E-state index in [2.05, 4.69) is 25.5 Å². The number of hydrogen-bond donors (Lipinski definition) is 3. The van der Waals surface area contributed by atoms with Crippen molar-refractivity contribution in [3.8, 4) is 5.75 Å². The first-order valence-electron chi connectivity index (χ1n) is 8.78. The lowest BCUT2D eigenvalue weighted by molar-refractivity contribution is 0.0954. The summed E-state index contributed by atoms with van der Waals surface area (Å²) >= 11 is 0. The topological polar surface area (TPSA) is 79.7 Å². The Morgan fingerprint density at radius 3 is 2.65 bits per heavy atom. The van der Waals surface area contributed by atoms with Crippen LogP contribution >= 0.6 is 0 Å². The maximum Gasteiger partial charge on any atom is 0.251 e. The minimum absolute atomic E-state index is 0.135. The van der Waals surface area contributed by atoms with Crippen LogP contribution in [0, 0.1) is 0 Å². The summed E-state index contributed by atoms with van der Waals surface area (Å²) in [5.74, 6) is 1.27. The molecule has 1 aromatic heterocycles. The van der Waals surface area contributed by atoms with E-state index in [1.165, 1.54) is 0 Å². The Kier molecular flexibility index (Phi) is 8.05. The van der Waals surface area contributed by atoms with Crippen molar-refractivity contribution in [1.82, 2.24) is 20.5 Å². The Balaban J connectivity index is 1.74. The van der Waals surface area contributed by atoms with Gasteiger partial charge in [0.2, 0.25) is 0 Å². The summed E-state index contributed by atoms with van der Waals surface area (Å²) in [6, 6.07) is 11.1. The number of methoxy groups -OCH3 is 1. The number of hydrogen-bond acceptors (Lipinski definition) is 3. The standard InChI is InChI=1S/C19H27N5O2/c1-3-20-19(23-11-14-24-12-4-5-13-24)22-10-9-21-18(25)16-7-6-8-17(15-16)26-2/h4-8,12-13,15H,3,9-11,14H2,1-2H3,(H,21,25)(H2,20,22,23). The summed E-state index contributed by atoms with van der Waals surface area (Å²) in [6.07, 6.45) is 4.06. The number of aliphatic imine (C=N–C) groups is 1. The average Bonchev–Trinajstić information content (AvgIpc) is 3.18. The lowest BCUT2D eigenvalue weighted by atomic mass is 10.2. The zero-order valence-electron chi connectivity index (χ0n) is 15.4. The Morgan fingerprint density at radius 2 is 1.92 bits per heavy atom. The minimum Gasteiger partial charge on any atom is -0.497 e. The molecule has 3 N–H and O–H groups in total. The van der Waals surface area contributed by atoms with E-state index in [1.807, 2.05) is 37.5 Å². The summed E-state index contributed by atoms with van der Waals surface area (Å²) in [5.41, 5.74) is 0.574. The van der Waals surface area contributed by atoms with Crippen LogP contribution in [0.3, 0.4) is 0 Å². The predicted octanol–water partition coefficient (Wildman–Crippen LogP) is 1.48. The normalized spacial score (nSPS) is 11.1. The number of nitrogens with zero attached hydrogens (tertiary/aromatic N) is 2. The highest BCUT2D eigenvalue weighted by Crippen LogP contribution is 2.12. The number of aromatic nitrogens is 1. The summed E-state index contributed by atoms with van der Waals surface area (Å²) in [6.45, 7) is 5.40. The van der Waals surface area contributed by atoms with Crippen LogP contribution in [-0.4, -0.2) is 49.7 Å². The van der Waals surface area contributed by atoms with Crippen molar-refractivity contribution >= 4 is 11.9 Å². The Labute approximate surface area is 154 Å². The van der Waals surface area contributed by atoms with E-state index in [4.69, 9.17) is 4.74 Å². The van der Waals surface area contributed by atoms with E-state index in [0.717, 1.165) is 25.6 Å². The second-order valence-electron chi connectivity index (χ2n) is 5.60. The Bertz CT molecular complexity index is 698. The average molecular weight is 357 g/mol. The number of ether oxygens (including phenoxy) is 1. The van der Waals surface area contributed by atoms with Gasteiger partial charge in [0.15, 0.2) is 5.96 Å². The third kappa shape index (κ3) is 6.51. The molecule has 0 radical (unpaired) electrons. The largest absolute Gasteiger partial charge is 0.497 e. The summed E-state index contributed by atoms with van der Waals surface area (Å²) in [5, 5.41) is 9.35. The molecule has 1 aromatic carbocycles. The maximum absolute atomic E-state index is 12.1. The molecule has 0 bridgehead atoms. The molecule has 0 atom stereocenters. The van der Waals surface area contributed by atoms with E-state index in [9.17, 15) is 4.79 Å². The number of guanidine groups is 1. The molecule has 1 amide bonds. The molecule has 1 heterocycles. The van der Waals surface area contributed by atoms with Gasteiger partial charge in [-0.1, -0.05) is 6.07 Å². The fourth-order valence-electron chi connectivity index (χ4n) is 2.37. The molecule has 26 heavy (non-hydrogen) atoms. The van der Waals surface area contributed by atoms with Gasteiger partial charge in [-0.3, -0.25) is 9.79 Å². The number of carbonyl (C=O) groups excluding carboxylic acids is 1. The lowest BCUT2D eigenvalue weighted by Gasteiger charge is -2.12. The first-order valence-corrected chi connectivity index (χ1v) is 8.78. The van der Waals surface area contributed by atoms with Gasteiger partial charge in [0.1, 0.15) is 5.75 Å². The highest BCUT2D eigenvalue weighted by Gasteiger charge is 2.05. The monoisotopic (exact) mass is 357 g/mol. The molecule has 0 spiro atoms. The molecule has 0 aliphatic heterocycles. The van der Waals surface area contributed by atoms with Gasteiger partial charge in [0, 0.05) is 44.1 Å². The molecule has 0 saturated carbocycles. The van der Waals surface area contributed by atoms with Crippen molar-refractivity contribution in [2.24, 2.45) is 4.99 Å². The predicted molar refractivity (Wildman–Crippen MR) is 104 cm³/mol. The molecule has 0 fully saturated rings. The van der Waals surface area contributed by atoms with Crippen LogP contribution < -0.4 is 20.7 Å². The van der Waals surface area contributed by atoms with Crippen molar-refractivity contribution in [3.63, 3.8) is 0 Å². The van der Waals surface area contributed by atoms with Gasteiger partial charge in [-0.25, -0.2) is 0 Å². The van der Waals surface area contributed by atoms with E-state index in [1.54, 1.807) is 25.3 Å². The molecule has 0 aliphatic carbocycles. The van der Waals surface area contributed by atoms with Crippen LogP contribution in [0.2, 0.25) is 0 Å². The molecule has 7 heteroatoms. The van der Waals surface area contributed by atoms with Gasteiger partial charge in [0.25, 0.3) is 5.91 Å². The van der Waals surface area contributed by atoms with Crippen molar-refractivity contribution in [1.29, 1.82) is 0 Å². The molecular weight excluding hydrogens is 330 g/mol. The Hall–Kier alpha value is -2.96. The van der Waals surface area contributed by atoms with Crippen LogP contribution in [0.1, 0.15) is 17.3 Å². The number of rotatable bonds is 9. The third-order valence-electron chi connectivity index (χ3n) is 3.67. The summed E-state index contributed by atoms with van der Waals surface area (Å²) < 4.78 is 7.24. The molecule has 0 saturated heterocycles. The second kappa shape index (κ2) is 10.8. The van der Waals surface area contributed by atoms with Gasteiger partial charge in [-0.2, -0.15) is 0 Å². The first kappa shape index (κ1) is 19.4. The smallest absolute Gasteiger partial charge is 0.251 e. The van der Waals surface area contributed by atoms with Crippen LogP contribution in [0.4, 0.5) is 0 Å². The molecule has 7 nitrogen and oxygen atoms in total. The van der Waals surface area contributed by atoms with Crippen molar-refractivity contribution < 1.29 is 9.53 Å². The van der Waals surface area contributed by atoms with Crippen LogP contribution in [-0.2, 0) is 6.54 Å². The number of benzene rings is 1. The lowest BCUT2D eigenvalue weighted by Crippen LogP contribution is -2.39. The molecule has 2 rings (SSSR count). The number of nitrogens with one attached hydrogen (secondary N) is 3. The second-order valence-corrected chi connectivity index (χ2v) is 5.60. The molecular formula is C19H27N5O2. The fourth-order valence-corrected chi connectivity index (χ4v) is 2.37. The summed E-state index contributed by atoms with van der Waals surface area (Å²) in [4.78, 5) is 16.6. The minimum atomic E-state index is -0.135. The zero-order valence-corrected chi connectivity index (χ0v) is 15.4. The third-order valence-corrected chi connectivity index (χ3v) is 3.67. The van der Waals surface area contributed by atoms with Gasteiger partial charge < -0.3 is 25.3 Å². The van der Waals surface area contributed by atoms with Gasteiger partial charge in [0.05, 0.1) is 13.7 Å². The fraction of sp³-hybridized carbons (Fsp3) is 0.368. The van der Waals surface area contributed by atoms with E-state index < -0.39 is 0 Å². The van der Waals surface area contributed by atoms with E-state index >= 15 is 0 Å². The molecule has 0 aliphatic rings. The van der Waals surface area contributed by atoms with E-state index in [-0.39, 0.29) is 5.91 Å². The Morgan fingerprint density at radius 1 is 1.12 bits per heavy atom. The highest BCUT2D eigenvalue weighted by molar-refractivity contribution is 5.94. The van der Waals surface area contributed by atoms with Crippen molar-refractivity contribution in [2.45, 2.75) is 13.5 Å². The van der Waals surface area contributed by atoms with Crippen LogP contribution in [0.5, 0.6) is 5.75 Å². The maximum atomic E-state index is 12.1. The molecule has 0 unspecified atom stereocenters. The van der Waals surface area contributed by atoms with Gasteiger partial charge in [-0.15, -0.1) is 0 Å².